The van der Waals surface area contributed by atoms with Crippen LogP contribution in [0.2, 0.25) is 0 Å². The van der Waals surface area contributed by atoms with E-state index in [-0.39, 0.29) is 18.8 Å². The van der Waals surface area contributed by atoms with Crippen LogP contribution in [0.3, 0.4) is 0 Å². The van der Waals surface area contributed by atoms with E-state index < -0.39 is 17.6 Å². The highest BCUT2D eigenvalue weighted by molar-refractivity contribution is 5.26. The number of halogens is 4. The summed E-state index contributed by atoms with van der Waals surface area (Å²) in [7, 11) is 0. The summed E-state index contributed by atoms with van der Waals surface area (Å²) in [6.45, 7) is 0.104. The highest BCUT2D eigenvalue weighted by atomic mass is 19.4. The first-order valence-electron chi connectivity index (χ1n) is 5.59. The molecule has 2 N–H and O–H groups in total. The Balaban J connectivity index is 1.96. The first kappa shape index (κ1) is 13.3. The van der Waals surface area contributed by atoms with Gasteiger partial charge in [0.2, 0.25) is 0 Å². The lowest BCUT2D eigenvalue weighted by molar-refractivity contribution is -0.140. The molecule has 18 heavy (non-hydrogen) atoms. The van der Waals surface area contributed by atoms with E-state index in [1.165, 1.54) is 6.07 Å². The number of hydrogen-bond acceptors (Lipinski definition) is 2. The second-order valence-corrected chi connectivity index (χ2v) is 4.48. The summed E-state index contributed by atoms with van der Waals surface area (Å²) in [5, 5.41) is 0. The van der Waals surface area contributed by atoms with E-state index in [9.17, 15) is 17.6 Å². The van der Waals surface area contributed by atoms with Gasteiger partial charge in [0.25, 0.3) is 0 Å². The Labute approximate surface area is 102 Å². The minimum Gasteiger partial charge on any atom is -0.373 e. The molecule has 1 aliphatic carbocycles. The van der Waals surface area contributed by atoms with Crippen LogP contribution in [0.15, 0.2) is 18.2 Å². The first-order valence-corrected chi connectivity index (χ1v) is 5.59. The molecule has 0 unspecified atom stereocenters. The number of nitrogens with two attached hydrogens (primary N) is 1. The molecule has 2 nitrogen and oxygen atoms in total. The molecule has 2 rings (SSSR count). The van der Waals surface area contributed by atoms with Crippen LogP contribution < -0.4 is 5.73 Å². The highest BCUT2D eigenvalue weighted by Crippen LogP contribution is 2.32. The van der Waals surface area contributed by atoms with Crippen LogP contribution >= 0.6 is 0 Å². The van der Waals surface area contributed by atoms with Crippen LogP contribution in [-0.4, -0.2) is 12.1 Å². The molecule has 100 valence electrons. The smallest absolute Gasteiger partial charge is 0.373 e. The van der Waals surface area contributed by atoms with Crippen molar-refractivity contribution >= 4 is 0 Å². The maximum atomic E-state index is 13.2. The normalized spacial score (nSPS) is 23.8. The molecule has 0 aliphatic heterocycles. The fraction of sp³-hybridized carbons (Fsp3) is 0.500. The van der Waals surface area contributed by atoms with Gasteiger partial charge in [-0.1, -0.05) is 6.07 Å². The van der Waals surface area contributed by atoms with Crippen molar-refractivity contribution < 1.29 is 22.3 Å². The zero-order valence-electron chi connectivity index (χ0n) is 9.51. The van der Waals surface area contributed by atoms with Crippen molar-refractivity contribution in [2.24, 2.45) is 5.73 Å². The molecule has 1 aromatic rings. The van der Waals surface area contributed by atoms with E-state index in [4.69, 9.17) is 10.5 Å². The van der Waals surface area contributed by atoms with Crippen LogP contribution in [0.25, 0.3) is 0 Å². The third-order valence-corrected chi connectivity index (χ3v) is 2.96. The summed E-state index contributed by atoms with van der Waals surface area (Å²) < 4.78 is 55.6. The van der Waals surface area contributed by atoms with Crippen molar-refractivity contribution in [1.82, 2.24) is 0 Å². The van der Waals surface area contributed by atoms with Crippen molar-refractivity contribution in [2.75, 3.05) is 0 Å². The van der Waals surface area contributed by atoms with E-state index in [1.54, 1.807) is 0 Å². The summed E-state index contributed by atoms with van der Waals surface area (Å²) >= 11 is 0. The third-order valence-electron chi connectivity index (χ3n) is 2.96. The molecular weight excluding hydrogens is 250 g/mol. The molecule has 0 saturated heterocycles. The maximum Gasteiger partial charge on any atom is 0.419 e. The molecule has 1 saturated carbocycles. The predicted molar refractivity (Wildman–Crippen MR) is 57.2 cm³/mol. The molecule has 0 spiro atoms. The molecule has 0 aromatic heterocycles. The van der Waals surface area contributed by atoms with Gasteiger partial charge in [-0.15, -0.1) is 0 Å². The Hall–Kier alpha value is -1.14. The lowest BCUT2D eigenvalue weighted by Crippen LogP contribution is -2.41. The second-order valence-electron chi connectivity index (χ2n) is 4.48. The Morgan fingerprint density at radius 3 is 2.44 bits per heavy atom. The van der Waals surface area contributed by atoms with Gasteiger partial charge in [-0.3, -0.25) is 0 Å². The monoisotopic (exact) mass is 263 g/mol. The van der Waals surface area contributed by atoms with Crippen molar-refractivity contribution in [3.8, 4) is 0 Å². The largest absolute Gasteiger partial charge is 0.419 e. The Kier molecular flexibility index (Phi) is 3.59. The van der Waals surface area contributed by atoms with Crippen LogP contribution in [0.4, 0.5) is 17.6 Å². The fourth-order valence-corrected chi connectivity index (χ4v) is 1.83. The van der Waals surface area contributed by atoms with Gasteiger partial charge in [0.15, 0.2) is 0 Å². The molecule has 0 amide bonds. The number of rotatable bonds is 3. The maximum absolute atomic E-state index is 13.2. The number of hydrogen-bond donors (Lipinski definition) is 1. The van der Waals surface area contributed by atoms with Crippen molar-refractivity contribution in [1.29, 1.82) is 0 Å². The van der Waals surface area contributed by atoms with E-state index in [0.717, 1.165) is 25.0 Å². The van der Waals surface area contributed by atoms with Gasteiger partial charge in [0, 0.05) is 6.04 Å². The van der Waals surface area contributed by atoms with Gasteiger partial charge in [-0.2, -0.15) is 13.2 Å². The van der Waals surface area contributed by atoms with Crippen LogP contribution in [0, 0.1) is 5.82 Å². The Bertz CT molecular complexity index is 427. The van der Waals surface area contributed by atoms with Gasteiger partial charge in [-0.05, 0) is 30.5 Å². The van der Waals surface area contributed by atoms with E-state index in [0.29, 0.717) is 5.56 Å². The molecule has 1 aromatic carbocycles. The zero-order chi connectivity index (χ0) is 13.3. The molecule has 1 aliphatic rings. The standard InChI is InChI=1S/C12H13F4NO/c13-11-3-7(1-2-10(11)12(14,15)16)6-18-9-4-8(17)5-9/h1-3,8-9H,4-6,17H2. The average molecular weight is 263 g/mol. The van der Waals surface area contributed by atoms with E-state index in [1.807, 2.05) is 0 Å². The predicted octanol–water partition coefficient (Wildman–Crippen LogP) is 2.85. The number of alkyl halides is 3. The lowest BCUT2D eigenvalue weighted by atomic mass is 9.90. The number of benzene rings is 1. The summed E-state index contributed by atoms with van der Waals surface area (Å²) in [5.41, 5.74) is 4.70. The molecule has 6 heteroatoms. The molecular formula is C12H13F4NO. The fourth-order valence-electron chi connectivity index (χ4n) is 1.83. The average Bonchev–Trinajstić information content (AvgIpc) is 2.21. The summed E-state index contributed by atoms with van der Waals surface area (Å²) in [5.74, 6) is -1.27. The Morgan fingerprint density at radius 2 is 1.94 bits per heavy atom. The van der Waals surface area contributed by atoms with Gasteiger partial charge in [-0.25, -0.2) is 4.39 Å². The minimum absolute atomic E-state index is 0.0327. The van der Waals surface area contributed by atoms with Crippen LogP contribution in [0.5, 0.6) is 0 Å². The molecule has 0 heterocycles. The van der Waals surface area contributed by atoms with Crippen molar-refractivity contribution in [3.63, 3.8) is 0 Å². The zero-order valence-corrected chi connectivity index (χ0v) is 9.51. The minimum atomic E-state index is -4.66. The summed E-state index contributed by atoms with van der Waals surface area (Å²) in [4.78, 5) is 0. The van der Waals surface area contributed by atoms with Gasteiger partial charge < -0.3 is 10.5 Å². The van der Waals surface area contributed by atoms with E-state index >= 15 is 0 Å². The van der Waals surface area contributed by atoms with Gasteiger partial charge in [0.05, 0.1) is 18.3 Å². The number of ether oxygens (including phenoxy) is 1. The van der Waals surface area contributed by atoms with Crippen LogP contribution in [-0.2, 0) is 17.5 Å². The highest BCUT2D eigenvalue weighted by Gasteiger charge is 2.34. The molecule has 0 bridgehead atoms. The van der Waals surface area contributed by atoms with E-state index in [2.05, 4.69) is 0 Å². The lowest BCUT2D eigenvalue weighted by Gasteiger charge is -2.32. The van der Waals surface area contributed by atoms with Gasteiger partial charge >= 0.3 is 6.18 Å². The van der Waals surface area contributed by atoms with Crippen molar-refractivity contribution in [3.05, 3.63) is 35.1 Å². The third kappa shape index (κ3) is 3.00. The Morgan fingerprint density at radius 1 is 1.28 bits per heavy atom. The SMILES string of the molecule is NC1CC(OCc2ccc(C(F)(F)F)c(F)c2)C1. The summed E-state index contributed by atoms with van der Waals surface area (Å²) in [6.07, 6.45) is -3.15. The quantitative estimate of drug-likeness (QED) is 0.851. The van der Waals surface area contributed by atoms with Crippen LogP contribution in [0.1, 0.15) is 24.0 Å². The topological polar surface area (TPSA) is 35.2 Å². The summed E-state index contributed by atoms with van der Waals surface area (Å²) in [6, 6.07) is 2.96. The first-order chi connectivity index (χ1) is 8.36. The second kappa shape index (κ2) is 4.85. The molecule has 0 radical (unpaired) electrons. The van der Waals surface area contributed by atoms with Crippen molar-refractivity contribution in [2.45, 2.75) is 37.8 Å². The molecule has 1 fully saturated rings. The molecule has 0 atom stereocenters. The van der Waals surface area contributed by atoms with Gasteiger partial charge in [0.1, 0.15) is 5.82 Å².